The van der Waals surface area contributed by atoms with Gasteiger partial charge in [-0.2, -0.15) is 5.26 Å². The summed E-state index contributed by atoms with van der Waals surface area (Å²) in [5.74, 6) is -0.109. The molecule has 0 fully saturated rings. The van der Waals surface area contributed by atoms with E-state index in [2.05, 4.69) is 16.7 Å². The maximum absolute atomic E-state index is 10.7. The molecule has 0 rings (SSSR count). The zero-order chi connectivity index (χ0) is 10.6. The van der Waals surface area contributed by atoms with Crippen molar-refractivity contribution >= 4 is 30.7 Å². The van der Waals surface area contributed by atoms with Crippen LogP contribution in [0, 0.1) is 11.3 Å². The molecule has 0 heterocycles. The number of carbonyl (C=O) groups is 1. The smallest absolute Gasteiger partial charge is 0.233 e. The molecule has 0 aromatic carbocycles. The third kappa shape index (κ3) is 15.9. The zero-order valence-corrected chi connectivity index (χ0v) is 10.8. The SMILES string of the molecule is Cl.Cl.N#CCCNCCCCNC(=O)CN. The highest BCUT2D eigenvalue weighted by Crippen LogP contribution is 1.84. The molecule has 0 unspecified atom stereocenters. The minimum atomic E-state index is -0.109. The normalized spacial score (nSPS) is 8.25. The summed E-state index contributed by atoms with van der Waals surface area (Å²) in [6.07, 6.45) is 2.48. The Hall–Kier alpha value is -0.540. The first-order chi connectivity index (χ1) is 6.81. The molecule has 0 saturated heterocycles. The molecule has 1 amide bonds. The van der Waals surface area contributed by atoms with E-state index < -0.39 is 0 Å². The summed E-state index contributed by atoms with van der Waals surface area (Å²) in [5, 5.41) is 14.1. The van der Waals surface area contributed by atoms with E-state index in [1.165, 1.54) is 0 Å². The van der Waals surface area contributed by atoms with Crippen LogP contribution in [0.15, 0.2) is 0 Å². The summed E-state index contributed by atoms with van der Waals surface area (Å²) in [5.41, 5.74) is 5.11. The Balaban J connectivity index is -0.000000845. The van der Waals surface area contributed by atoms with Gasteiger partial charge in [-0.1, -0.05) is 0 Å². The van der Waals surface area contributed by atoms with Gasteiger partial charge in [0.1, 0.15) is 0 Å². The molecule has 96 valence electrons. The molecule has 0 radical (unpaired) electrons. The number of nitrogens with two attached hydrogens (primary N) is 1. The van der Waals surface area contributed by atoms with Crippen LogP contribution in [0.1, 0.15) is 19.3 Å². The summed E-state index contributed by atoms with van der Waals surface area (Å²) in [6, 6.07) is 2.06. The van der Waals surface area contributed by atoms with Crippen molar-refractivity contribution in [2.75, 3.05) is 26.2 Å². The van der Waals surface area contributed by atoms with E-state index in [1.54, 1.807) is 0 Å². The fourth-order valence-electron chi connectivity index (χ4n) is 0.944. The quantitative estimate of drug-likeness (QED) is 0.549. The van der Waals surface area contributed by atoms with Crippen LogP contribution in [-0.4, -0.2) is 32.1 Å². The number of nitrogens with zero attached hydrogens (tertiary/aromatic N) is 1. The number of nitrogens with one attached hydrogen (secondary N) is 2. The van der Waals surface area contributed by atoms with Gasteiger partial charge < -0.3 is 16.4 Å². The van der Waals surface area contributed by atoms with Gasteiger partial charge >= 0.3 is 0 Å². The van der Waals surface area contributed by atoms with E-state index in [0.717, 1.165) is 25.9 Å². The molecule has 0 aliphatic rings. The van der Waals surface area contributed by atoms with Crippen molar-refractivity contribution in [3.63, 3.8) is 0 Å². The van der Waals surface area contributed by atoms with Gasteiger partial charge in [0.15, 0.2) is 0 Å². The number of halogens is 2. The molecule has 0 aliphatic carbocycles. The number of carbonyl (C=O) groups excluding carboxylic acids is 1. The van der Waals surface area contributed by atoms with Gasteiger partial charge in [-0.3, -0.25) is 4.79 Å². The lowest BCUT2D eigenvalue weighted by Crippen LogP contribution is -2.31. The van der Waals surface area contributed by atoms with Crippen LogP contribution >= 0.6 is 24.8 Å². The van der Waals surface area contributed by atoms with Gasteiger partial charge in [-0.15, -0.1) is 24.8 Å². The molecule has 5 nitrogen and oxygen atoms in total. The van der Waals surface area contributed by atoms with Crippen LogP contribution in [-0.2, 0) is 4.79 Å². The second-order valence-electron chi connectivity index (χ2n) is 2.92. The van der Waals surface area contributed by atoms with Gasteiger partial charge in [0, 0.05) is 19.5 Å². The third-order valence-corrected chi connectivity index (χ3v) is 1.70. The Kier molecular flexibility index (Phi) is 22.0. The molecular formula is C9H20Cl2N4O. The Labute approximate surface area is 109 Å². The van der Waals surface area contributed by atoms with Crippen molar-refractivity contribution in [1.29, 1.82) is 5.26 Å². The van der Waals surface area contributed by atoms with E-state index in [4.69, 9.17) is 11.0 Å². The summed E-state index contributed by atoms with van der Waals surface area (Å²) in [7, 11) is 0. The standard InChI is InChI=1S/C9H18N4O.2ClH/c10-4-3-6-12-5-1-2-7-13-9(14)8-11;;/h12H,1-3,5-8,11H2,(H,13,14);2*1H. The second-order valence-corrected chi connectivity index (χ2v) is 2.92. The number of nitriles is 1. The highest BCUT2D eigenvalue weighted by molar-refractivity contribution is 5.85. The minimum absolute atomic E-state index is 0. The van der Waals surface area contributed by atoms with Crippen LogP contribution in [0.4, 0.5) is 0 Å². The predicted molar refractivity (Wildman–Crippen MR) is 68.9 cm³/mol. The lowest BCUT2D eigenvalue weighted by Gasteiger charge is -2.03. The molecule has 4 N–H and O–H groups in total. The molecule has 16 heavy (non-hydrogen) atoms. The number of unbranched alkanes of at least 4 members (excludes halogenated alkanes) is 1. The summed E-state index contributed by atoms with van der Waals surface area (Å²) in [4.78, 5) is 10.7. The van der Waals surface area contributed by atoms with Crippen LogP contribution in [0.5, 0.6) is 0 Å². The fourth-order valence-corrected chi connectivity index (χ4v) is 0.944. The molecule has 7 heteroatoms. The van der Waals surface area contributed by atoms with E-state index in [1.807, 2.05) is 0 Å². The van der Waals surface area contributed by atoms with Gasteiger partial charge in [0.2, 0.25) is 5.91 Å². The molecule has 0 aromatic rings. The monoisotopic (exact) mass is 270 g/mol. The van der Waals surface area contributed by atoms with Crippen LogP contribution in [0.2, 0.25) is 0 Å². The van der Waals surface area contributed by atoms with E-state index in [0.29, 0.717) is 13.0 Å². The van der Waals surface area contributed by atoms with Crippen molar-refractivity contribution in [3.05, 3.63) is 0 Å². The van der Waals surface area contributed by atoms with Gasteiger partial charge in [0.25, 0.3) is 0 Å². The van der Waals surface area contributed by atoms with Gasteiger partial charge in [0.05, 0.1) is 12.6 Å². The van der Waals surface area contributed by atoms with Crippen LogP contribution in [0.3, 0.4) is 0 Å². The molecule has 0 spiro atoms. The van der Waals surface area contributed by atoms with Crippen molar-refractivity contribution in [3.8, 4) is 6.07 Å². The lowest BCUT2D eigenvalue weighted by molar-refractivity contribution is -0.119. The lowest BCUT2D eigenvalue weighted by atomic mass is 10.3. The third-order valence-electron chi connectivity index (χ3n) is 1.70. The number of hydrogen-bond acceptors (Lipinski definition) is 4. The maximum atomic E-state index is 10.7. The zero-order valence-electron chi connectivity index (χ0n) is 9.20. The topological polar surface area (TPSA) is 90.9 Å². The van der Waals surface area contributed by atoms with Crippen LogP contribution in [0.25, 0.3) is 0 Å². The largest absolute Gasteiger partial charge is 0.355 e. The first-order valence-corrected chi connectivity index (χ1v) is 4.85. The van der Waals surface area contributed by atoms with Crippen molar-refractivity contribution in [2.45, 2.75) is 19.3 Å². The highest BCUT2D eigenvalue weighted by atomic mass is 35.5. The average molecular weight is 271 g/mol. The Morgan fingerprint density at radius 1 is 1.19 bits per heavy atom. The molecule has 0 saturated carbocycles. The van der Waals surface area contributed by atoms with Crippen molar-refractivity contribution < 1.29 is 4.79 Å². The summed E-state index contributed by atoms with van der Waals surface area (Å²) < 4.78 is 0. The number of rotatable bonds is 8. The van der Waals surface area contributed by atoms with E-state index in [-0.39, 0.29) is 37.3 Å². The van der Waals surface area contributed by atoms with Crippen molar-refractivity contribution in [1.82, 2.24) is 10.6 Å². The Bertz CT molecular complexity index is 196. The first-order valence-electron chi connectivity index (χ1n) is 4.85. The maximum Gasteiger partial charge on any atom is 0.233 e. The highest BCUT2D eigenvalue weighted by Gasteiger charge is 1.94. The molecular weight excluding hydrogens is 251 g/mol. The first kappa shape index (κ1) is 20.8. The molecule has 0 aliphatic heterocycles. The minimum Gasteiger partial charge on any atom is -0.355 e. The van der Waals surface area contributed by atoms with Gasteiger partial charge in [-0.05, 0) is 19.4 Å². The van der Waals surface area contributed by atoms with Crippen LogP contribution < -0.4 is 16.4 Å². The van der Waals surface area contributed by atoms with Gasteiger partial charge in [-0.25, -0.2) is 0 Å². The average Bonchev–Trinajstić information content (AvgIpc) is 2.21. The second kappa shape index (κ2) is 16.9. The number of hydrogen-bond donors (Lipinski definition) is 3. The van der Waals surface area contributed by atoms with Crippen molar-refractivity contribution in [2.24, 2.45) is 5.73 Å². The molecule has 0 aromatic heterocycles. The predicted octanol–water partition coefficient (Wildman–Crippen LogP) is 0.188. The number of amides is 1. The summed E-state index contributed by atoms with van der Waals surface area (Å²) >= 11 is 0. The Morgan fingerprint density at radius 2 is 1.81 bits per heavy atom. The molecule has 0 bridgehead atoms. The van der Waals surface area contributed by atoms with E-state index >= 15 is 0 Å². The molecule has 0 atom stereocenters. The van der Waals surface area contributed by atoms with E-state index in [9.17, 15) is 4.79 Å². The fraction of sp³-hybridized carbons (Fsp3) is 0.778. The Morgan fingerprint density at radius 3 is 2.38 bits per heavy atom. The summed E-state index contributed by atoms with van der Waals surface area (Å²) in [6.45, 7) is 2.36.